The van der Waals surface area contributed by atoms with Crippen molar-refractivity contribution in [3.05, 3.63) is 102 Å². The van der Waals surface area contributed by atoms with Crippen LogP contribution in [0.15, 0.2) is 90.2 Å². The number of rotatable bonds is 8. The van der Waals surface area contributed by atoms with Crippen LogP contribution in [0.5, 0.6) is 5.75 Å². The van der Waals surface area contributed by atoms with Gasteiger partial charge >= 0.3 is 0 Å². The summed E-state index contributed by atoms with van der Waals surface area (Å²) >= 11 is 0. The molecule has 0 aliphatic rings. The molecule has 1 amide bonds. The molecular formula is C27H26N4O2. The van der Waals surface area contributed by atoms with Gasteiger partial charge in [0.1, 0.15) is 11.4 Å². The Morgan fingerprint density at radius 3 is 2.58 bits per heavy atom. The lowest BCUT2D eigenvalue weighted by atomic mass is 10.1. The summed E-state index contributed by atoms with van der Waals surface area (Å²) < 4.78 is 7.35. The van der Waals surface area contributed by atoms with Crippen molar-refractivity contribution in [2.75, 3.05) is 6.61 Å². The highest BCUT2D eigenvalue weighted by Gasteiger charge is 2.11. The molecule has 0 saturated heterocycles. The highest BCUT2D eigenvalue weighted by Crippen LogP contribution is 2.23. The molecule has 33 heavy (non-hydrogen) atoms. The van der Waals surface area contributed by atoms with Crippen LogP contribution in [0, 0.1) is 6.92 Å². The lowest BCUT2D eigenvalue weighted by Gasteiger charge is -2.05. The summed E-state index contributed by atoms with van der Waals surface area (Å²) in [6.45, 7) is 4.02. The van der Waals surface area contributed by atoms with E-state index in [2.05, 4.69) is 23.5 Å². The minimum atomic E-state index is -0.335. The first-order valence-electron chi connectivity index (χ1n) is 10.9. The third-order valence-corrected chi connectivity index (χ3v) is 5.15. The molecular weight excluding hydrogens is 412 g/mol. The number of amides is 1. The van der Waals surface area contributed by atoms with Crippen LogP contribution in [0.1, 0.15) is 23.6 Å². The van der Waals surface area contributed by atoms with E-state index in [9.17, 15) is 4.79 Å². The fourth-order valence-corrected chi connectivity index (χ4v) is 3.39. The second-order valence-corrected chi connectivity index (χ2v) is 7.66. The highest BCUT2D eigenvalue weighted by atomic mass is 16.5. The minimum absolute atomic E-state index is 0.114. The van der Waals surface area contributed by atoms with Crippen LogP contribution < -0.4 is 10.2 Å². The molecule has 6 heteroatoms. The number of hydrogen-bond donors (Lipinski definition) is 1. The summed E-state index contributed by atoms with van der Waals surface area (Å²) in [5.41, 5.74) is 8.39. The maximum Gasteiger partial charge on any atom is 0.277 e. The zero-order valence-electron chi connectivity index (χ0n) is 18.7. The number of carbonyl (C=O) groups is 1. The average molecular weight is 439 g/mol. The van der Waals surface area contributed by atoms with Crippen LogP contribution in [-0.4, -0.2) is 28.5 Å². The first-order chi connectivity index (χ1) is 16.1. The largest absolute Gasteiger partial charge is 0.484 e. The Labute approximate surface area is 193 Å². The second-order valence-electron chi connectivity index (χ2n) is 7.66. The summed E-state index contributed by atoms with van der Waals surface area (Å²) in [6.07, 6.45) is 4.47. The van der Waals surface area contributed by atoms with E-state index < -0.39 is 0 Å². The normalized spacial score (nSPS) is 11.0. The lowest BCUT2D eigenvalue weighted by Crippen LogP contribution is -2.24. The van der Waals surface area contributed by atoms with Crippen LogP contribution in [0.2, 0.25) is 0 Å². The minimum Gasteiger partial charge on any atom is -0.484 e. The van der Waals surface area contributed by atoms with Crippen LogP contribution in [0.25, 0.3) is 16.9 Å². The molecule has 166 valence electrons. The Morgan fingerprint density at radius 2 is 1.85 bits per heavy atom. The van der Waals surface area contributed by atoms with Gasteiger partial charge in [-0.2, -0.15) is 10.2 Å². The summed E-state index contributed by atoms with van der Waals surface area (Å²) in [5, 5.41) is 8.91. The van der Waals surface area contributed by atoms with Gasteiger partial charge < -0.3 is 4.74 Å². The Hall–Kier alpha value is -4.19. The number of nitrogens with zero attached hydrogens (tertiary/aromatic N) is 3. The van der Waals surface area contributed by atoms with Crippen molar-refractivity contribution < 1.29 is 9.53 Å². The smallest absolute Gasteiger partial charge is 0.277 e. The van der Waals surface area contributed by atoms with Gasteiger partial charge in [-0.1, -0.05) is 61.0 Å². The summed E-state index contributed by atoms with van der Waals surface area (Å²) in [5.74, 6) is 0.315. The van der Waals surface area contributed by atoms with E-state index in [1.165, 1.54) is 5.56 Å². The van der Waals surface area contributed by atoms with Crippen LogP contribution >= 0.6 is 0 Å². The summed E-state index contributed by atoms with van der Waals surface area (Å²) in [7, 11) is 0. The monoisotopic (exact) mass is 438 g/mol. The van der Waals surface area contributed by atoms with Crippen molar-refractivity contribution in [1.29, 1.82) is 0 Å². The molecule has 1 heterocycles. The van der Waals surface area contributed by atoms with E-state index in [1.807, 2.05) is 90.6 Å². The van der Waals surface area contributed by atoms with E-state index in [0.717, 1.165) is 34.5 Å². The molecule has 0 unspecified atom stereocenters. The quantitative estimate of drug-likeness (QED) is 0.313. The molecule has 4 rings (SSSR count). The Bertz CT molecular complexity index is 1240. The summed E-state index contributed by atoms with van der Waals surface area (Å²) in [6, 6.07) is 25.7. The number of nitrogens with one attached hydrogen (secondary N) is 1. The van der Waals surface area contributed by atoms with Gasteiger partial charge in [0.25, 0.3) is 5.91 Å². The predicted octanol–water partition coefficient (Wildman–Crippen LogP) is 4.94. The Kier molecular flexibility index (Phi) is 6.95. The fourth-order valence-electron chi connectivity index (χ4n) is 3.39. The first-order valence-corrected chi connectivity index (χ1v) is 10.9. The first kappa shape index (κ1) is 22.0. The maximum absolute atomic E-state index is 12.2. The molecule has 0 atom stereocenters. The van der Waals surface area contributed by atoms with Crippen molar-refractivity contribution in [3.63, 3.8) is 0 Å². The van der Waals surface area contributed by atoms with E-state index in [0.29, 0.717) is 5.75 Å². The number of carbonyl (C=O) groups excluding carboxylic acids is 1. The molecule has 0 spiro atoms. The number of para-hydroxylation sites is 1. The van der Waals surface area contributed by atoms with Gasteiger partial charge in [0.2, 0.25) is 0 Å². The number of ether oxygens (including phenoxy) is 1. The Morgan fingerprint density at radius 1 is 1.06 bits per heavy atom. The molecule has 4 aromatic rings. The third-order valence-electron chi connectivity index (χ3n) is 5.15. The van der Waals surface area contributed by atoms with Crippen LogP contribution in [0.4, 0.5) is 0 Å². The van der Waals surface area contributed by atoms with E-state index in [-0.39, 0.29) is 12.5 Å². The van der Waals surface area contributed by atoms with E-state index in [1.54, 1.807) is 6.21 Å². The molecule has 3 aromatic carbocycles. The predicted molar refractivity (Wildman–Crippen MR) is 131 cm³/mol. The van der Waals surface area contributed by atoms with Gasteiger partial charge in [-0.25, -0.2) is 10.1 Å². The number of aromatic nitrogens is 2. The number of aryl methyl sites for hydroxylation is 2. The molecule has 1 aromatic heterocycles. The van der Waals surface area contributed by atoms with Crippen molar-refractivity contribution in [3.8, 4) is 22.7 Å². The summed E-state index contributed by atoms with van der Waals surface area (Å²) in [4.78, 5) is 12.2. The lowest BCUT2D eigenvalue weighted by molar-refractivity contribution is -0.123. The second kappa shape index (κ2) is 10.4. The molecule has 0 radical (unpaired) electrons. The highest BCUT2D eigenvalue weighted by molar-refractivity contribution is 5.89. The molecule has 0 aliphatic carbocycles. The van der Waals surface area contributed by atoms with Crippen molar-refractivity contribution in [2.45, 2.75) is 20.3 Å². The molecule has 0 aliphatic heterocycles. The standard InChI is InChI=1S/C27H26N4O2/c1-3-21-12-14-25(15-13-21)33-19-26(32)29-28-17-23-18-31(24-10-5-4-6-11-24)30-27(23)22-9-7-8-20(2)16-22/h4-18H,3,19H2,1-2H3,(H,29,32)/b28-17+. The third kappa shape index (κ3) is 5.74. The molecule has 0 saturated carbocycles. The average Bonchev–Trinajstić information content (AvgIpc) is 3.28. The van der Waals surface area contributed by atoms with Gasteiger partial charge in [-0.05, 0) is 49.2 Å². The van der Waals surface area contributed by atoms with Gasteiger partial charge in [0.05, 0.1) is 11.9 Å². The maximum atomic E-state index is 12.2. The Balaban J connectivity index is 1.47. The van der Waals surface area contributed by atoms with Gasteiger partial charge in [-0.15, -0.1) is 0 Å². The van der Waals surface area contributed by atoms with Gasteiger partial charge in [-0.3, -0.25) is 4.79 Å². The van der Waals surface area contributed by atoms with E-state index in [4.69, 9.17) is 9.84 Å². The fraction of sp³-hybridized carbons (Fsp3) is 0.148. The van der Waals surface area contributed by atoms with Gasteiger partial charge in [0, 0.05) is 17.3 Å². The van der Waals surface area contributed by atoms with E-state index >= 15 is 0 Å². The number of benzene rings is 3. The van der Waals surface area contributed by atoms with Crippen LogP contribution in [-0.2, 0) is 11.2 Å². The van der Waals surface area contributed by atoms with Crippen molar-refractivity contribution in [2.24, 2.45) is 5.10 Å². The topological polar surface area (TPSA) is 68.5 Å². The zero-order chi connectivity index (χ0) is 23.0. The number of hydrogen-bond acceptors (Lipinski definition) is 4. The molecule has 0 fully saturated rings. The van der Waals surface area contributed by atoms with Gasteiger partial charge in [0.15, 0.2) is 6.61 Å². The zero-order valence-corrected chi connectivity index (χ0v) is 18.7. The molecule has 0 bridgehead atoms. The molecule has 6 nitrogen and oxygen atoms in total. The molecule has 1 N–H and O–H groups in total. The number of hydrazone groups is 1. The van der Waals surface area contributed by atoms with Crippen molar-refractivity contribution in [1.82, 2.24) is 15.2 Å². The van der Waals surface area contributed by atoms with Crippen LogP contribution in [0.3, 0.4) is 0 Å². The van der Waals surface area contributed by atoms with Crippen molar-refractivity contribution >= 4 is 12.1 Å². The SMILES string of the molecule is CCc1ccc(OCC(=O)N/N=C/c2cn(-c3ccccc3)nc2-c2cccc(C)c2)cc1.